The highest BCUT2D eigenvalue weighted by atomic mass is 16.5. The van der Waals surface area contributed by atoms with Crippen LogP contribution in [-0.2, 0) is 9.53 Å². The smallest absolute Gasteiger partial charge is 0.338 e. The Bertz CT molecular complexity index is 535. The van der Waals surface area contributed by atoms with Gasteiger partial charge in [-0.2, -0.15) is 0 Å². The van der Waals surface area contributed by atoms with Crippen LogP contribution in [0.4, 0.5) is 5.69 Å². The molecule has 1 aromatic carbocycles. The first kappa shape index (κ1) is 14.9. The minimum absolute atomic E-state index is 0.266. The van der Waals surface area contributed by atoms with Crippen molar-refractivity contribution in [3.05, 3.63) is 28.3 Å². The minimum atomic E-state index is -0.457. The number of rotatable bonds is 4. The molecule has 1 rings (SSSR count). The molecule has 0 saturated carbocycles. The van der Waals surface area contributed by atoms with Crippen LogP contribution >= 0.6 is 0 Å². The van der Waals surface area contributed by atoms with E-state index in [1.165, 1.54) is 6.92 Å². The van der Waals surface area contributed by atoms with E-state index in [0.717, 1.165) is 0 Å². The Morgan fingerprint density at radius 2 is 2.00 bits per heavy atom. The van der Waals surface area contributed by atoms with Crippen LogP contribution in [0.25, 0.3) is 0 Å². The Kier molecular flexibility index (Phi) is 4.80. The fraction of sp³-hybridized carbons (Fsp3) is 0.357. The molecule has 0 fully saturated rings. The first-order valence-electron chi connectivity index (χ1n) is 5.96. The third-order valence-electron chi connectivity index (χ3n) is 2.71. The van der Waals surface area contributed by atoms with Gasteiger partial charge in [0.1, 0.15) is 0 Å². The number of ether oxygens (including phenoxy) is 1. The first-order valence-corrected chi connectivity index (χ1v) is 5.96. The molecule has 5 nitrogen and oxygen atoms in total. The number of aryl methyl sites for hydroxylation is 1. The second kappa shape index (κ2) is 6.13. The van der Waals surface area contributed by atoms with Crippen LogP contribution < -0.4 is 5.32 Å². The van der Waals surface area contributed by atoms with E-state index in [1.807, 2.05) is 0 Å². The lowest BCUT2D eigenvalue weighted by Crippen LogP contribution is -2.15. The molecular weight excluding hydrogens is 246 g/mol. The molecule has 102 valence electrons. The predicted octanol–water partition coefficient (Wildman–Crippen LogP) is 2.25. The van der Waals surface area contributed by atoms with Crippen LogP contribution in [0.1, 0.15) is 45.7 Å². The van der Waals surface area contributed by atoms with E-state index in [-0.39, 0.29) is 12.5 Å². The molecule has 0 heterocycles. The molecule has 19 heavy (non-hydrogen) atoms. The third-order valence-corrected chi connectivity index (χ3v) is 2.71. The SMILES string of the molecule is CCOC(=O)c1c(C)cc(C=O)c(NC(C)=O)c1C. The fourth-order valence-corrected chi connectivity index (χ4v) is 1.97. The van der Waals surface area contributed by atoms with Gasteiger partial charge in [-0.15, -0.1) is 0 Å². The molecule has 0 aliphatic rings. The Morgan fingerprint density at radius 1 is 1.37 bits per heavy atom. The maximum absolute atomic E-state index is 11.9. The van der Waals surface area contributed by atoms with Gasteiger partial charge in [0.2, 0.25) is 5.91 Å². The van der Waals surface area contributed by atoms with Gasteiger partial charge in [-0.05, 0) is 38.0 Å². The van der Waals surface area contributed by atoms with E-state index in [0.29, 0.717) is 34.2 Å². The second-order valence-electron chi connectivity index (χ2n) is 4.18. The van der Waals surface area contributed by atoms with Gasteiger partial charge in [0.25, 0.3) is 0 Å². The van der Waals surface area contributed by atoms with E-state index in [4.69, 9.17) is 4.74 Å². The number of amides is 1. The summed E-state index contributed by atoms with van der Waals surface area (Å²) in [6, 6.07) is 1.57. The lowest BCUT2D eigenvalue weighted by Gasteiger charge is -2.15. The number of nitrogens with one attached hydrogen (secondary N) is 1. The zero-order valence-corrected chi connectivity index (χ0v) is 11.5. The van der Waals surface area contributed by atoms with Gasteiger partial charge in [-0.3, -0.25) is 9.59 Å². The number of hydrogen-bond donors (Lipinski definition) is 1. The van der Waals surface area contributed by atoms with E-state index in [1.54, 1.807) is 26.8 Å². The average Bonchev–Trinajstić information content (AvgIpc) is 2.32. The Hall–Kier alpha value is -2.17. The van der Waals surface area contributed by atoms with Crippen molar-refractivity contribution >= 4 is 23.9 Å². The summed E-state index contributed by atoms with van der Waals surface area (Å²) < 4.78 is 4.98. The summed E-state index contributed by atoms with van der Waals surface area (Å²) in [5, 5.41) is 2.58. The Balaban J connectivity index is 3.45. The molecule has 0 spiro atoms. The van der Waals surface area contributed by atoms with E-state index < -0.39 is 5.97 Å². The van der Waals surface area contributed by atoms with Crippen molar-refractivity contribution < 1.29 is 19.1 Å². The van der Waals surface area contributed by atoms with Crippen molar-refractivity contribution in [2.75, 3.05) is 11.9 Å². The van der Waals surface area contributed by atoms with Gasteiger partial charge in [0.15, 0.2) is 6.29 Å². The Labute approximate surface area is 111 Å². The molecule has 0 bridgehead atoms. The van der Waals surface area contributed by atoms with Crippen molar-refractivity contribution in [2.24, 2.45) is 0 Å². The lowest BCUT2D eigenvalue weighted by atomic mass is 9.97. The molecule has 0 aromatic heterocycles. The molecule has 5 heteroatoms. The van der Waals surface area contributed by atoms with Crippen molar-refractivity contribution in [3.8, 4) is 0 Å². The summed E-state index contributed by atoms with van der Waals surface area (Å²) in [4.78, 5) is 34.1. The normalized spacial score (nSPS) is 9.89. The number of carbonyl (C=O) groups is 3. The number of benzene rings is 1. The topological polar surface area (TPSA) is 72.5 Å². The van der Waals surface area contributed by atoms with E-state index >= 15 is 0 Å². The molecule has 1 aromatic rings. The average molecular weight is 263 g/mol. The van der Waals surface area contributed by atoms with Gasteiger partial charge >= 0.3 is 5.97 Å². The number of carbonyl (C=O) groups excluding carboxylic acids is 3. The molecule has 0 atom stereocenters. The van der Waals surface area contributed by atoms with Crippen molar-refractivity contribution in [3.63, 3.8) is 0 Å². The van der Waals surface area contributed by atoms with Gasteiger partial charge in [0, 0.05) is 12.5 Å². The second-order valence-corrected chi connectivity index (χ2v) is 4.18. The maximum Gasteiger partial charge on any atom is 0.338 e. The number of esters is 1. The van der Waals surface area contributed by atoms with E-state index in [9.17, 15) is 14.4 Å². The summed E-state index contributed by atoms with van der Waals surface area (Å²) in [6.45, 7) is 6.74. The van der Waals surface area contributed by atoms with Crippen LogP contribution in [0.3, 0.4) is 0 Å². The van der Waals surface area contributed by atoms with Crippen LogP contribution in [0.2, 0.25) is 0 Å². The minimum Gasteiger partial charge on any atom is -0.462 e. The summed E-state index contributed by atoms with van der Waals surface area (Å²) in [5.41, 5.74) is 2.27. The monoisotopic (exact) mass is 263 g/mol. The van der Waals surface area contributed by atoms with Gasteiger partial charge in [0.05, 0.1) is 17.9 Å². The highest BCUT2D eigenvalue weighted by Gasteiger charge is 2.19. The zero-order valence-electron chi connectivity index (χ0n) is 11.5. The summed E-state index contributed by atoms with van der Waals surface area (Å²) in [7, 11) is 0. The number of aldehydes is 1. The largest absolute Gasteiger partial charge is 0.462 e. The zero-order chi connectivity index (χ0) is 14.6. The lowest BCUT2D eigenvalue weighted by molar-refractivity contribution is -0.114. The highest BCUT2D eigenvalue weighted by molar-refractivity contribution is 6.02. The van der Waals surface area contributed by atoms with Gasteiger partial charge in [-0.1, -0.05) is 0 Å². The van der Waals surface area contributed by atoms with Crippen LogP contribution in [0.5, 0.6) is 0 Å². The Morgan fingerprint density at radius 3 is 2.47 bits per heavy atom. The molecule has 0 radical (unpaired) electrons. The molecule has 0 saturated heterocycles. The molecule has 0 aliphatic heterocycles. The van der Waals surface area contributed by atoms with Gasteiger partial charge < -0.3 is 10.1 Å². The summed E-state index contributed by atoms with van der Waals surface area (Å²) >= 11 is 0. The van der Waals surface area contributed by atoms with Gasteiger partial charge in [-0.25, -0.2) is 4.79 Å². The molecule has 0 aliphatic carbocycles. The summed E-state index contributed by atoms with van der Waals surface area (Å²) in [6.07, 6.45) is 0.653. The van der Waals surface area contributed by atoms with Crippen LogP contribution in [0.15, 0.2) is 6.07 Å². The molecule has 1 N–H and O–H groups in total. The number of anilines is 1. The molecule has 0 unspecified atom stereocenters. The third kappa shape index (κ3) is 3.19. The predicted molar refractivity (Wildman–Crippen MR) is 71.6 cm³/mol. The summed E-state index contributed by atoms with van der Waals surface area (Å²) in [5.74, 6) is -0.758. The fourth-order valence-electron chi connectivity index (χ4n) is 1.97. The van der Waals surface area contributed by atoms with Crippen LogP contribution in [-0.4, -0.2) is 24.8 Å². The van der Waals surface area contributed by atoms with Crippen molar-refractivity contribution in [1.82, 2.24) is 0 Å². The van der Waals surface area contributed by atoms with E-state index in [2.05, 4.69) is 5.32 Å². The maximum atomic E-state index is 11.9. The number of hydrogen-bond acceptors (Lipinski definition) is 4. The standard InChI is InChI=1S/C14H17NO4/c1-5-19-14(18)12-8(2)6-11(7-16)13(9(12)3)15-10(4)17/h6-7H,5H2,1-4H3,(H,15,17). The molecule has 1 amide bonds. The quantitative estimate of drug-likeness (QED) is 0.668. The first-order chi connectivity index (χ1) is 8.92. The van der Waals surface area contributed by atoms with Crippen molar-refractivity contribution in [2.45, 2.75) is 27.7 Å². The highest BCUT2D eigenvalue weighted by Crippen LogP contribution is 2.27. The van der Waals surface area contributed by atoms with Crippen molar-refractivity contribution in [1.29, 1.82) is 0 Å². The molecular formula is C14H17NO4. The van der Waals surface area contributed by atoms with Crippen LogP contribution in [0, 0.1) is 13.8 Å².